The highest BCUT2D eigenvalue weighted by Gasteiger charge is 2.33. The second-order valence-corrected chi connectivity index (χ2v) is 11.3. The average molecular weight is 563 g/mol. The lowest BCUT2D eigenvalue weighted by Gasteiger charge is -2.20. The summed E-state index contributed by atoms with van der Waals surface area (Å²) in [6.07, 6.45) is 7.24. The van der Waals surface area contributed by atoms with Crippen LogP contribution >= 0.6 is 15.9 Å². The average Bonchev–Trinajstić information content (AvgIpc) is 3.47. The zero-order chi connectivity index (χ0) is 24.9. The first-order chi connectivity index (χ1) is 16.8. The van der Waals surface area contributed by atoms with E-state index in [4.69, 9.17) is 4.98 Å². The van der Waals surface area contributed by atoms with Crippen molar-refractivity contribution in [3.63, 3.8) is 0 Å². The van der Waals surface area contributed by atoms with Crippen LogP contribution in [0.15, 0.2) is 28.9 Å². The van der Waals surface area contributed by atoms with E-state index in [0.29, 0.717) is 41.4 Å². The predicted octanol–water partition coefficient (Wildman–Crippen LogP) is 6.84. The predicted molar refractivity (Wildman–Crippen MR) is 149 cm³/mol. The van der Waals surface area contributed by atoms with Crippen LogP contribution in [0.3, 0.4) is 0 Å². The van der Waals surface area contributed by atoms with Crippen LogP contribution in [0.2, 0.25) is 0 Å². The molecule has 8 heteroatoms. The highest BCUT2D eigenvalue weighted by atomic mass is 79.9. The van der Waals surface area contributed by atoms with Crippen LogP contribution in [0, 0.1) is 23.6 Å². The number of nitrogens with zero attached hydrogens (tertiary/aromatic N) is 3. The smallest absolute Gasteiger partial charge is 0.227 e. The fraction of sp³-hybridized carbons (Fsp3) is 0.607. The van der Waals surface area contributed by atoms with E-state index in [-0.39, 0.29) is 25.2 Å². The Bertz CT molecular complexity index is 1030. The lowest BCUT2D eigenvalue weighted by Crippen LogP contribution is -2.26. The molecule has 0 spiro atoms. The molecule has 2 aromatic rings. The number of Topliss-reactive ketones (excluding diaryl/α,β-unsaturated/α-hetero) is 1. The zero-order valence-electron chi connectivity index (χ0n) is 21.0. The van der Waals surface area contributed by atoms with E-state index in [0.717, 1.165) is 61.9 Å². The van der Waals surface area contributed by atoms with Gasteiger partial charge in [0, 0.05) is 43.4 Å². The number of rotatable bonds is 10. The van der Waals surface area contributed by atoms with E-state index in [1.165, 1.54) is 6.07 Å². The molecule has 36 heavy (non-hydrogen) atoms. The second-order valence-electron chi connectivity index (χ2n) is 10.4. The van der Waals surface area contributed by atoms with Crippen molar-refractivity contribution in [2.24, 2.45) is 17.8 Å². The Hall–Kier alpha value is -2.06. The minimum atomic E-state index is -0.292. The molecule has 0 unspecified atom stereocenters. The van der Waals surface area contributed by atoms with Crippen molar-refractivity contribution in [1.29, 1.82) is 0 Å². The molecule has 1 aliphatic carbocycles. The highest BCUT2D eigenvalue weighted by molar-refractivity contribution is 9.10. The van der Waals surface area contributed by atoms with E-state index in [1.54, 1.807) is 12.3 Å². The van der Waals surface area contributed by atoms with Gasteiger partial charge in [0.2, 0.25) is 5.95 Å². The quantitative estimate of drug-likeness (QED) is 0.331. The van der Waals surface area contributed by atoms with Crippen LogP contribution < -0.4 is 10.6 Å². The van der Waals surface area contributed by atoms with Gasteiger partial charge in [0.1, 0.15) is 11.6 Å². The standard InChI is InChI=1S/C27H37BrFN5O.CH4/c1-4-34-11-10-20(16-34)31-24-9-8-19(14-23(24)29)32-27-30-15-22(28)25(33-27)13-18-6-5-7-21(18)26(35)12-17(2)3;/h8-9,14-15,17-18,20-21,31H,4-7,10-13,16H2,1-3H3,(H,30,32,33);1H4/t18-,20+,21-;/m0./s1. The summed E-state index contributed by atoms with van der Waals surface area (Å²) in [5.41, 5.74) is 2.01. The molecule has 1 saturated heterocycles. The number of carbonyl (C=O) groups excluding carboxylic acids is 1. The Morgan fingerprint density at radius 1 is 1.28 bits per heavy atom. The molecular formula is C28H41BrFN5O. The van der Waals surface area contributed by atoms with E-state index in [2.05, 4.69) is 57.2 Å². The summed E-state index contributed by atoms with van der Waals surface area (Å²) in [5.74, 6) is 1.34. The number of ketones is 1. The van der Waals surface area contributed by atoms with Gasteiger partial charge in [-0.1, -0.05) is 34.6 Å². The summed E-state index contributed by atoms with van der Waals surface area (Å²) in [7, 11) is 0. The Morgan fingerprint density at radius 3 is 2.78 bits per heavy atom. The number of halogens is 2. The summed E-state index contributed by atoms with van der Waals surface area (Å²) in [5, 5.41) is 6.49. The molecule has 2 aliphatic rings. The Morgan fingerprint density at radius 2 is 2.08 bits per heavy atom. The fourth-order valence-corrected chi connectivity index (χ4v) is 5.76. The van der Waals surface area contributed by atoms with Crippen LogP contribution in [-0.2, 0) is 11.2 Å². The molecule has 3 atom stereocenters. The van der Waals surface area contributed by atoms with Crippen LogP contribution in [-0.4, -0.2) is 46.3 Å². The molecule has 2 heterocycles. The number of nitrogens with one attached hydrogen (secondary N) is 2. The Balaban J connectivity index is 0.00000361. The molecule has 0 amide bonds. The van der Waals surface area contributed by atoms with Crippen molar-refractivity contribution < 1.29 is 9.18 Å². The minimum absolute atomic E-state index is 0. The van der Waals surface area contributed by atoms with Gasteiger partial charge in [-0.15, -0.1) is 0 Å². The van der Waals surface area contributed by atoms with Gasteiger partial charge in [-0.3, -0.25) is 4.79 Å². The lowest BCUT2D eigenvalue weighted by atomic mass is 9.85. The molecule has 1 aliphatic heterocycles. The summed E-state index contributed by atoms with van der Waals surface area (Å²) in [4.78, 5) is 24.2. The van der Waals surface area contributed by atoms with E-state index < -0.39 is 0 Å². The molecule has 0 bridgehead atoms. The van der Waals surface area contributed by atoms with Crippen molar-refractivity contribution in [1.82, 2.24) is 14.9 Å². The molecule has 1 aromatic carbocycles. The maximum absolute atomic E-state index is 14.8. The van der Waals surface area contributed by atoms with Crippen LogP contribution in [0.25, 0.3) is 0 Å². The Kier molecular flexibility index (Phi) is 10.3. The molecular weight excluding hydrogens is 521 g/mol. The summed E-state index contributed by atoms with van der Waals surface area (Å²) in [6.45, 7) is 9.36. The van der Waals surface area contributed by atoms with Gasteiger partial charge in [0.25, 0.3) is 0 Å². The first-order valence-electron chi connectivity index (χ1n) is 12.9. The van der Waals surface area contributed by atoms with Crippen molar-refractivity contribution in [2.45, 2.75) is 72.8 Å². The second kappa shape index (κ2) is 13.0. The van der Waals surface area contributed by atoms with Gasteiger partial charge >= 0.3 is 0 Å². The number of carbonyl (C=O) groups is 1. The first kappa shape index (κ1) is 28.5. The third-order valence-corrected chi connectivity index (χ3v) is 7.92. The summed E-state index contributed by atoms with van der Waals surface area (Å²) in [6, 6.07) is 5.38. The molecule has 1 saturated carbocycles. The van der Waals surface area contributed by atoms with Gasteiger partial charge < -0.3 is 15.5 Å². The van der Waals surface area contributed by atoms with Gasteiger partial charge in [-0.25, -0.2) is 14.4 Å². The maximum Gasteiger partial charge on any atom is 0.227 e. The Labute approximate surface area is 224 Å². The van der Waals surface area contributed by atoms with E-state index >= 15 is 0 Å². The number of hydrogen-bond donors (Lipinski definition) is 2. The molecule has 6 nitrogen and oxygen atoms in total. The number of aromatic nitrogens is 2. The number of hydrogen-bond acceptors (Lipinski definition) is 6. The SMILES string of the molecule is C.CCN1CC[C@@H](Nc2ccc(Nc3ncc(Br)c(C[C@@H]4CCC[C@@H]4C(=O)CC(C)C)n3)cc2F)C1. The first-order valence-corrected chi connectivity index (χ1v) is 13.7. The number of likely N-dealkylation sites (tertiary alicyclic amines) is 1. The van der Waals surface area contributed by atoms with Crippen LogP contribution in [0.4, 0.5) is 21.7 Å². The van der Waals surface area contributed by atoms with Gasteiger partial charge in [0.05, 0.1) is 15.9 Å². The summed E-state index contributed by atoms with van der Waals surface area (Å²) >= 11 is 3.58. The van der Waals surface area contributed by atoms with Crippen molar-refractivity contribution >= 4 is 39.0 Å². The third kappa shape index (κ3) is 7.25. The minimum Gasteiger partial charge on any atom is -0.379 e. The molecule has 2 N–H and O–H groups in total. The van der Waals surface area contributed by atoms with Gasteiger partial charge in [0.15, 0.2) is 0 Å². The van der Waals surface area contributed by atoms with Gasteiger partial charge in [-0.05, 0) is 78.2 Å². The fourth-order valence-electron chi connectivity index (χ4n) is 5.41. The number of benzene rings is 1. The van der Waals surface area contributed by atoms with Crippen LogP contribution in [0.5, 0.6) is 0 Å². The maximum atomic E-state index is 14.8. The number of likely N-dealkylation sites (N-methyl/N-ethyl adjacent to an activating group) is 1. The molecule has 0 radical (unpaired) electrons. The zero-order valence-corrected chi connectivity index (χ0v) is 22.6. The topological polar surface area (TPSA) is 70.2 Å². The van der Waals surface area contributed by atoms with E-state index in [9.17, 15) is 9.18 Å². The lowest BCUT2D eigenvalue weighted by molar-refractivity contribution is -0.124. The highest BCUT2D eigenvalue weighted by Crippen LogP contribution is 2.37. The normalized spacial score (nSPS) is 22.0. The van der Waals surface area contributed by atoms with Gasteiger partial charge in [-0.2, -0.15) is 0 Å². The summed E-state index contributed by atoms with van der Waals surface area (Å²) < 4.78 is 15.7. The van der Waals surface area contributed by atoms with Crippen molar-refractivity contribution in [2.75, 3.05) is 30.3 Å². The number of anilines is 3. The third-order valence-electron chi connectivity index (χ3n) is 7.26. The molecule has 2 fully saturated rings. The molecule has 1 aromatic heterocycles. The van der Waals surface area contributed by atoms with E-state index in [1.807, 2.05) is 6.07 Å². The molecule has 4 rings (SSSR count). The van der Waals surface area contributed by atoms with Crippen molar-refractivity contribution in [3.8, 4) is 0 Å². The largest absolute Gasteiger partial charge is 0.379 e. The monoisotopic (exact) mass is 561 g/mol. The van der Waals surface area contributed by atoms with Crippen molar-refractivity contribution in [3.05, 3.63) is 40.4 Å². The molecule has 198 valence electrons. The van der Waals surface area contributed by atoms with Crippen LogP contribution in [0.1, 0.15) is 66.0 Å².